The van der Waals surface area contributed by atoms with Crippen LogP contribution in [-0.2, 0) is 0 Å². The Morgan fingerprint density at radius 1 is 1.19 bits per heavy atom. The molecule has 1 aliphatic rings. The van der Waals surface area contributed by atoms with Crippen LogP contribution in [-0.4, -0.2) is 49.2 Å². The zero-order chi connectivity index (χ0) is 18.8. The number of rotatable bonds is 5. The number of ether oxygens (including phenoxy) is 1. The summed E-state index contributed by atoms with van der Waals surface area (Å²) >= 11 is 6.17. The number of H-pyrrole nitrogens is 1. The Morgan fingerprint density at radius 2 is 2.00 bits per heavy atom. The van der Waals surface area contributed by atoms with Crippen molar-refractivity contribution in [3.05, 3.63) is 57.8 Å². The van der Waals surface area contributed by atoms with Gasteiger partial charge in [-0.25, -0.2) is 9.18 Å². The van der Waals surface area contributed by atoms with Crippen molar-refractivity contribution in [2.75, 3.05) is 44.2 Å². The lowest BCUT2D eigenvalue weighted by molar-refractivity contribution is 0.200. The van der Waals surface area contributed by atoms with Crippen molar-refractivity contribution < 1.29 is 13.5 Å². The molecule has 1 aliphatic heterocycles. The SMILES string of the molecule is O=c1[nH]c2cc(Cl)cc(N3CCN(CCOc4cccc(F)c4)CC3)c2o1. The lowest BCUT2D eigenvalue weighted by Crippen LogP contribution is -2.47. The Hall–Kier alpha value is -2.51. The number of halogens is 2. The lowest BCUT2D eigenvalue weighted by atomic mass is 10.2. The van der Waals surface area contributed by atoms with Crippen molar-refractivity contribution in [2.24, 2.45) is 0 Å². The first kappa shape index (κ1) is 17.9. The fraction of sp³-hybridized carbons (Fsp3) is 0.316. The molecule has 0 amide bonds. The highest BCUT2D eigenvalue weighted by atomic mass is 35.5. The van der Waals surface area contributed by atoms with E-state index in [1.807, 2.05) is 6.07 Å². The predicted molar refractivity (Wildman–Crippen MR) is 102 cm³/mol. The van der Waals surface area contributed by atoms with E-state index in [-0.39, 0.29) is 5.82 Å². The summed E-state index contributed by atoms with van der Waals surface area (Å²) in [5.41, 5.74) is 1.97. The van der Waals surface area contributed by atoms with Gasteiger partial charge in [-0.05, 0) is 24.3 Å². The van der Waals surface area contributed by atoms with E-state index in [1.54, 1.807) is 18.2 Å². The molecule has 2 heterocycles. The first-order valence-corrected chi connectivity index (χ1v) is 9.14. The molecule has 1 aromatic heterocycles. The number of hydrogen-bond donors (Lipinski definition) is 1. The molecule has 0 spiro atoms. The van der Waals surface area contributed by atoms with Crippen LogP contribution in [0.2, 0.25) is 5.02 Å². The number of oxazole rings is 1. The minimum atomic E-state index is -0.485. The Bertz CT molecular complexity index is 995. The summed E-state index contributed by atoms with van der Waals surface area (Å²) in [5.74, 6) is -0.246. The summed E-state index contributed by atoms with van der Waals surface area (Å²) in [4.78, 5) is 18.6. The Morgan fingerprint density at radius 3 is 2.78 bits per heavy atom. The number of aromatic nitrogens is 1. The first-order chi connectivity index (χ1) is 13.1. The van der Waals surface area contributed by atoms with Crippen LogP contribution in [0, 0.1) is 5.82 Å². The second-order valence-corrected chi connectivity index (χ2v) is 6.89. The predicted octanol–water partition coefficient (Wildman–Crippen LogP) is 3.11. The highest BCUT2D eigenvalue weighted by Crippen LogP contribution is 2.30. The van der Waals surface area contributed by atoms with Gasteiger partial charge < -0.3 is 14.1 Å². The fourth-order valence-corrected chi connectivity index (χ4v) is 3.52. The van der Waals surface area contributed by atoms with Crippen molar-refractivity contribution in [1.82, 2.24) is 9.88 Å². The molecule has 2 aromatic carbocycles. The number of fused-ring (bicyclic) bond motifs is 1. The van der Waals surface area contributed by atoms with E-state index in [4.69, 9.17) is 20.8 Å². The van der Waals surface area contributed by atoms with Crippen LogP contribution >= 0.6 is 11.6 Å². The average molecular weight is 392 g/mol. The number of benzene rings is 2. The van der Waals surface area contributed by atoms with Gasteiger partial charge in [0.05, 0.1) is 11.2 Å². The topological polar surface area (TPSA) is 61.7 Å². The Kier molecular flexibility index (Phi) is 5.05. The van der Waals surface area contributed by atoms with Gasteiger partial charge in [-0.3, -0.25) is 9.88 Å². The standard InChI is InChI=1S/C19H19ClFN3O3/c20-13-10-16-18(27-19(25)22-16)17(11-13)24-6-4-23(5-7-24)8-9-26-15-3-1-2-14(21)12-15/h1-3,10-12H,4-9H2,(H,22,25). The minimum Gasteiger partial charge on any atom is -0.492 e. The van der Waals surface area contributed by atoms with Gasteiger partial charge >= 0.3 is 5.76 Å². The van der Waals surface area contributed by atoms with Crippen molar-refractivity contribution in [3.63, 3.8) is 0 Å². The van der Waals surface area contributed by atoms with Crippen molar-refractivity contribution >= 4 is 28.4 Å². The van der Waals surface area contributed by atoms with Crippen LogP contribution in [0.5, 0.6) is 5.75 Å². The summed E-state index contributed by atoms with van der Waals surface area (Å²) in [7, 11) is 0. The number of aromatic amines is 1. The van der Waals surface area contributed by atoms with Crippen LogP contribution in [0.1, 0.15) is 0 Å². The smallest absolute Gasteiger partial charge is 0.417 e. The zero-order valence-electron chi connectivity index (χ0n) is 14.6. The molecule has 142 valence electrons. The molecule has 0 aliphatic carbocycles. The molecule has 0 unspecified atom stereocenters. The maximum atomic E-state index is 13.2. The number of nitrogens with one attached hydrogen (secondary N) is 1. The molecule has 0 saturated carbocycles. The van der Waals surface area contributed by atoms with Crippen LogP contribution in [0.3, 0.4) is 0 Å². The van der Waals surface area contributed by atoms with E-state index >= 15 is 0 Å². The number of nitrogens with zero attached hydrogens (tertiary/aromatic N) is 2. The second kappa shape index (κ2) is 7.62. The largest absolute Gasteiger partial charge is 0.492 e. The maximum absolute atomic E-state index is 13.2. The molecule has 0 bridgehead atoms. The molecule has 3 aromatic rings. The molecule has 8 heteroatoms. The molecule has 27 heavy (non-hydrogen) atoms. The monoisotopic (exact) mass is 391 g/mol. The van der Waals surface area contributed by atoms with E-state index in [0.717, 1.165) is 38.4 Å². The quantitative estimate of drug-likeness (QED) is 0.724. The summed E-state index contributed by atoms with van der Waals surface area (Å²) in [5, 5.41) is 0.556. The molecule has 1 N–H and O–H groups in total. The van der Waals surface area contributed by atoms with Gasteiger partial charge in [-0.2, -0.15) is 0 Å². The van der Waals surface area contributed by atoms with E-state index < -0.39 is 5.76 Å². The highest BCUT2D eigenvalue weighted by Gasteiger charge is 2.21. The normalized spacial score (nSPS) is 15.4. The molecule has 0 radical (unpaired) electrons. The van der Waals surface area contributed by atoms with E-state index in [2.05, 4.69) is 14.8 Å². The van der Waals surface area contributed by atoms with Gasteiger partial charge in [0.25, 0.3) is 0 Å². The zero-order valence-corrected chi connectivity index (χ0v) is 15.3. The third-order valence-electron chi connectivity index (χ3n) is 4.65. The van der Waals surface area contributed by atoms with Crippen LogP contribution in [0.4, 0.5) is 10.1 Å². The van der Waals surface area contributed by atoms with Gasteiger partial charge in [0, 0.05) is 43.8 Å². The van der Waals surface area contributed by atoms with Crippen LogP contribution < -0.4 is 15.4 Å². The Labute approximate surface area is 160 Å². The lowest BCUT2D eigenvalue weighted by Gasteiger charge is -2.35. The molecular weight excluding hydrogens is 373 g/mol. The molecule has 0 atom stereocenters. The van der Waals surface area contributed by atoms with Crippen LogP contribution in [0.15, 0.2) is 45.6 Å². The van der Waals surface area contributed by atoms with Crippen molar-refractivity contribution in [2.45, 2.75) is 0 Å². The van der Waals surface area contributed by atoms with Crippen LogP contribution in [0.25, 0.3) is 11.1 Å². The summed E-state index contributed by atoms with van der Waals surface area (Å²) in [6, 6.07) is 9.66. The van der Waals surface area contributed by atoms with E-state index in [9.17, 15) is 9.18 Å². The minimum absolute atomic E-state index is 0.301. The highest BCUT2D eigenvalue weighted by molar-refractivity contribution is 6.31. The molecule has 1 saturated heterocycles. The number of piperazine rings is 1. The van der Waals surface area contributed by atoms with Crippen molar-refractivity contribution in [3.8, 4) is 5.75 Å². The van der Waals surface area contributed by atoms with Crippen molar-refractivity contribution in [1.29, 1.82) is 0 Å². The van der Waals surface area contributed by atoms with Gasteiger partial charge in [-0.1, -0.05) is 17.7 Å². The third-order valence-corrected chi connectivity index (χ3v) is 4.87. The maximum Gasteiger partial charge on any atom is 0.417 e. The van der Waals surface area contributed by atoms with Gasteiger partial charge in [0.2, 0.25) is 0 Å². The summed E-state index contributed by atoms with van der Waals surface area (Å²) < 4.78 is 24.1. The average Bonchev–Trinajstić information content (AvgIpc) is 3.02. The Balaban J connectivity index is 1.35. The van der Waals surface area contributed by atoms with Gasteiger partial charge in [-0.15, -0.1) is 0 Å². The third kappa shape index (κ3) is 4.09. The molecule has 1 fully saturated rings. The second-order valence-electron chi connectivity index (χ2n) is 6.45. The number of hydrogen-bond acceptors (Lipinski definition) is 5. The summed E-state index contributed by atoms with van der Waals surface area (Å²) in [6.45, 7) is 4.50. The molecular formula is C19H19ClFN3O3. The fourth-order valence-electron chi connectivity index (χ4n) is 3.30. The van der Waals surface area contributed by atoms with Gasteiger partial charge in [0.15, 0.2) is 5.58 Å². The molecule has 6 nitrogen and oxygen atoms in total. The number of anilines is 1. The molecule has 4 rings (SSSR count). The van der Waals surface area contributed by atoms with E-state index in [1.165, 1.54) is 12.1 Å². The summed E-state index contributed by atoms with van der Waals surface area (Å²) in [6.07, 6.45) is 0. The van der Waals surface area contributed by atoms with E-state index in [0.29, 0.717) is 28.5 Å². The van der Waals surface area contributed by atoms with Gasteiger partial charge in [0.1, 0.15) is 18.2 Å². The first-order valence-electron chi connectivity index (χ1n) is 8.76.